The quantitative estimate of drug-likeness (QED) is 0.584. The van der Waals surface area contributed by atoms with Crippen molar-refractivity contribution in [1.29, 1.82) is 5.41 Å². The maximum absolute atomic E-state index is 7.51. The molecule has 0 radical (unpaired) electrons. The number of piperidine rings is 1. The molecule has 1 atom stereocenters. The first-order valence-corrected chi connectivity index (χ1v) is 5.68. The van der Waals surface area contributed by atoms with Gasteiger partial charge in [-0.1, -0.05) is 0 Å². The van der Waals surface area contributed by atoms with Gasteiger partial charge in [0.15, 0.2) is 0 Å². The highest BCUT2D eigenvalue weighted by Gasteiger charge is 2.22. The highest BCUT2D eigenvalue weighted by atomic mass is 15.2. The van der Waals surface area contributed by atoms with Crippen LogP contribution in [0.5, 0.6) is 0 Å². The van der Waals surface area contributed by atoms with Gasteiger partial charge in [0.1, 0.15) is 5.82 Å². The average Bonchev–Trinajstić information content (AvgIpc) is 2.29. The van der Waals surface area contributed by atoms with E-state index in [1.807, 2.05) is 12.3 Å². The van der Waals surface area contributed by atoms with Crippen molar-refractivity contribution in [3.8, 4) is 0 Å². The molecule has 4 nitrogen and oxygen atoms in total. The standard InChI is InChI=1S/C12H18N4/c1-9-4-5-15-11(7-9)16-6-2-3-10(8-16)12(13)14/h4-5,7,10H,2-3,6,8H2,1H3,(H3,13,14). The number of nitrogens with one attached hydrogen (secondary N) is 1. The second-order valence-electron chi connectivity index (χ2n) is 4.43. The first kappa shape index (κ1) is 10.9. The lowest BCUT2D eigenvalue weighted by Crippen LogP contribution is -2.41. The number of anilines is 1. The van der Waals surface area contributed by atoms with Crippen LogP contribution in [0, 0.1) is 18.3 Å². The zero-order valence-electron chi connectivity index (χ0n) is 9.61. The van der Waals surface area contributed by atoms with Gasteiger partial charge in [-0.2, -0.15) is 0 Å². The fourth-order valence-electron chi connectivity index (χ4n) is 2.13. The first-order valence-electron chi connectivity index (χ1n) is 5.68. The van der Waals surface area contributed by atoms with Gasteiger partial charge in [0.25, 0.3) is 0 Å². The van der Waals surface area contributed by atoms with Crippen LogP contribution in [0.15, 0.2) is 18.3 Å². The van der Waals surface area contributed by atoms with Gasteiger partial charge in [-0.25, -0.2) is 4.98 Å². The third-order valence-electron chi connectivity index (χ3n) is 3.09. The summed E-state index contributed by atoms with van der Waals surface area (Å²) < 4.78 is 0. The molecule has 1 fully saturated rings. The molecule has 4 heteroatoms. The molecule has 0 bridgehead atoms. The lowest BCUT2D eigenvalue weighted by atomic mass is 9.97. The molecule has 1 saturated heterocycles. The summed E-state index contributed by atoms with van der Waals surface area (Å²) in [5, 5.41) is 7.51. The number of amidine groups is 1. The highest BCUT2D eigenvalue weighted by molar-refractivity contribution is 5.80. The van der Waals surface area contributed by atoms with Crippen LogP contribution in [0.3, 0.4) is 0 Å². The van der Waals surface area contributed by atoms with Gasteiger partial charge in [0, 0.05) is 25.2 Å². The molecule has 1 aromatic heterocycles. The van der Waals surface area contributed by atoms with E-state index in [1.54, 1.807) is 0 Å². The molecule has 0 aromatic carbocycles. The average molecular weight is 218 g/mol. The molecule has 16 heavy (non-hydrogen) atoms. The number of pyridine rings is 1. The van der Waals surface area contributed by atoms with Gasteiger partial charge in [0.05, 0.1) is 5.84 Å². The monoisotopic (exact) mass is 218 g/mol. The summed E-state index contributed by atoms with van der Waals surface area (Å²) >= 11 is 0. The van der Waals surface area contributed by atoms with Gasteiger partial charge < -0.3 is 10.6 Å². The van der Waals surface area contributed by atoms with Crippen molar-refractivity contribution in [2.24, 2.45) is 11.7 Å². The lowest BCUT2D eigenvalue weighted by molar-refractivity contribution is 0.500. The first-order chi connectivity index (χ1) is 7.66. The van der Waals surface area contributed by atoms with Gasteiger partial charge in [-0.05, 0) is 37.5 Å². The Morgan fingerprint density at radius 3 is 3.12 bits per heavy atom. The summed E-state index contributed by atoms with van der Waals surface area (Å²) in [6, 6.07) is 4.08. The van der Waals surface area contributed by atoms with E-state index < -0.39 is 0 Å². The van der Waals surface area contributed by atoms with E-state index in [-0.39, 0.29) is 5.92 Å². The predicted octanol–water partition coefficient (Wildman–Crippen LogP) is 1.54. The van der Waals surface area contributed by atoms with Crippen LogP contribution in [0.2, 0.25) is 0 Å². The third kappa shape index (κ3) is 2.32. The van der Waals surface area contributed by atoms with Crippen LogP contribution >= 0.6 is 0 Å². The maximum atomic E-state index is 7.51. The second kappa shape index (κ2) is 4.51. The Kier molecular flexibility index (Phi) is 3.08. The van der Waals surface area contributed by atoms with E-state index in [0.717, 1.165) is 31.7 Å². The Hall–Kier alpha value is -1.58. The molecule has 0 amide bonds. The van der Waals surface area contributed by atoms with Crippen molar-refractivity contribution in [1.82, 2.24) is 4.98 Å². The Labute approximate surface area is 96.0 Å². The molecular weight excluding hydrogens is 200 g/mol. The Morgan fingerprint density at radius 2 is 2.44 bits per heavy atom. The molecule has 3 N–H and O–H groups in total. The minimum Gasteiger partial charge on any atom is -0.387 e. The molecule has 0 aliphatic carbocycles. The van der Waals surface area contributed by atoms with Crippen molar-refractivity contribution in [2.75, 3.05) is 18.0 Å². The van der Waals surface area contributed by atoms with Crippen molar-refractivity contribution in [2.45, 2.75) is 19.8 Å². The Balaban J connectivity index is 2.12. The van der Waals surface area contributed by atoms with Crippen LogP contribution < -0.4 is 10.6 Å². The fourth-order valence-corrected chi connectivity index (χ4v) is 2.13. The largest absolute Gasteiger partial charge is 0.387 e. The van der Waals surface area contributed by atoms with Crippen molar-refractivity contribution in [3.05, 3.63) is 23.9 Å². The Morgan fingerprint density at radius 1 is 1.62 bits per heavy atom. The van der Waals surface area contributed by atoms with Gasteiger partial charge in [0.2, 0.25) is 0 Å². The van der Waals surface area contributed by atoms with Gasteiger partial charge >= 0.3 is 0 Å². The van der Waals surface area contributed by atoms with Crippen LogP contribution in [0.4, 0.5) is 5.82 Å². The van der Waals surface area contributed by atoms with Crippen LogP contribution in [-0.4, -0.2) is 23.9 Å². The van der Waals surface area contributed by atoms with E-state index in [4.69, 9.17) is 11.1 Å². The van der Waals surface area contributed by atoms with Crippen molar-refractivity contribution in [3.63, 3.8) is 0 Å². The van der Waals surface area contributed by atoms with Gasteiger partial charge in [-0.15, -0.1) is 0 Å². The van der Waals surface area contributed by atoms with Crippen molar-refractivity contribution >= 4 is 11.7 Å². The summed E-state index contributed by atoms with van der Waals surface area (Å²) in [6.45, 7) is 3.91. The van der Waals surface area contributed by atoms with E-state index in [2.05, 4.69) is 22.9 Å². The highest BCUT2D eigenvalue weighted by Crippen LogP contribution is 2.21. The third-order valence-corrected chi connectivity index (χ3v) is 3.09. The molecule has 1 unspecified atom stereocenters. The summed E-state index contributed by atoms with van der Waals surface area (Å²) in [4.78, 5) is 6.60. The van der Waals surface area contributed by atoms with E-state index in [1.165, 1.54) is 5.56 Å². The zero-order valence-corrected chi connectivity index (χ0v) is 9.61. The van der Waals surface area contributed by atoms with Crippen LogP contribution in [0.1, 0.15) is 18.4 Å². The normalized spacial score (nSPS) is 20.8. The Bertz CT molecular complexity index is 388. The van der Waals surface area contributed by atoms with E-state index >= 15 is 0 Å². The maximum Gasteiger partial charge on any atom is 0.128 e. The fraction of sp³-hybridized carbons (Fsp3) is 0.500. The molecule has 1 aromatic rings. The molecule has 0 spiro atoms. The predicted molar refractivity (Wildman–Crippen MR) is 65.8 cm³/mol. The molecule has 0 saturated carbocycles. The molecule has 2 heterocycles. The summed E-state index contributed by atoms with van der Waals surface area (Å²) in [5.74, 6) is 1.50. The number of rotatable bonds is 2. The molecule has 2 rings (SSSR count). The number of nitrogens with zero attached hydrogens (tertiary/aromatic N) is 2. The molecular formula is C12H18N4. The number of aryl methyl sites for hydroxylation is 1. The lowest BCUT2D eigenvalue weighted by Gasteiger charge is -2.33. The van der Waals surface area contributed by atoms with Gasteiger partial charge in [-0.3, -0.25) is 5.41 Å². The number of hydrogen-bond donors (Lipinski definition) is 2. The van der Waals surface area contributed by atoms with Crippen LogP contribution in [0.25, 0.3) is 0 Å². The minimum absolute atomic E-state index is 0.191. The SMILES string of the molecule is Cc1ccnc(N2CCCC(C(=N)N)C2)c1. The van der Waals surface area contributed by atoms with E-state index in [0.29, 0.717) is 5.84 Å². The summed E-state index contributed by atoms with van der Waals surface area (Å²) in [7, 11) is 0. The second-order valence-corrected chi connectivity index (χ2v) is 4.43. The van der Waals surface area contributed by atoms with Crippen molar-refractivity contribution < 1.29 is 0 Å². The number of nitrogens with two attached hydrogens (primary N) is 1. The van der Waals surface area contributed by atoms with E-state index in [9.17, 15) is 0 Å². The molecule has 1 aliphatic rings. The van der Waals surface area contributed by atoms with Crippen LogP contribution in [-0.2, 0) is 0 Å². The minimum atomic E-state index is 0.191. The zero-order chi connectivity index (χ0) is 11.5. The summed E-state index contributed by atoms with van der Waals surface area (Å²) in [5.41, 5.74) is 6.79. The molecule has 86 valence electrons. The summed E-state index contributed by atoms with van der Waals surface area (Å²) in [6.07, 6.45) is 3.94. The number of hydrogen-bond acceptors (Lipinski definition) is 3. The smallest absolute Gasteiger partial charge is 0.128 e. The topological polar surface area (TPSA) is 66.0 Å². The molecule has 1 aliphatic heterocycles. The number of aromatic nitrogens is 1.